The minimum Gasteiger partial charge on any atom is -0.411 e. The molecule has 0 aromatic carbocycles. The van der Waals surface area contributed by atoms with Gasteiger partial charge in [-0.25, -0.2) is 0 Å². The molecule has 0 aliphatic carbocycles. The highest BCUT2D eigenvalue weighted by molar-refractivity contribution is 7.99. The Labute approximate surface area is 105 Å². The van der Waals surface area contributed by atoms with Crippen LogP contribution in [0.5, 0.6) is 0 Å². The Morgan fingerprint density at radius 2 is 2.00 bits per heavy atom. The van der Waals surface area contributed by atoms with Gasteiger partial charge in [-0.3, -0.25) is 4.98 Å². The third-order valence-electron chi connectivity index (χ3n) is 2.25. The highest BCUT2D eigenvalue weighted by atomic mass is 32.2. The van der Waals surface area contributed by atoms with Crippen molar-refractivity contribution in [1.29, 1.82) is 0 Å². The van der Waals surface area contributed by atoms with E-state index in [9.17, 15) is 0 Å². The van der Waals surface area contributed by atoms with Gasteiger partial charge in [0, 0.05) is 23.7 Å². The van der Waals surface area contributed by atoms with Crippen molar-refractivity contribution in [1.82, 2.24) is 15.2 Å². The van der Waals surface area contributed by atoms with E-state index in [2.05, 4.69) is 29.0 Å². The van der Waals surface area contributed by atoms with E-state index in [0.717, 1.165) is 17.7 Å². The fourth-order valence-corrected chi connectivity index (χ4v) is 2.26. The summed E-state index contributed by atoms with van der Waals surface area (Å²) in [6.07, 6.45) is 4.58. The van der Waals surface area contributed by atoms with Crippen molar-refractivity contribution in [2.45, 2.75) is 25.5 Å². The molecule has 2 aromatic rings. The predicted molar refractivity (Wildman–Crippen MR) is 67.7 cm³/mol. The molecule has 0 aliphatic rings. The highest BCUT2D eigenvalue weighted by Gasteiger charge is 2.08. The smallest absolute Gasteiger partial charge is 0.276 e. The Morgan fingerprint density at radius 1 is 1.24 bits per heavy atom. The molecule has 0 amide bonds. The van der Waals surface area contributed by atoms with Gasteiger partial charge in [-0.15, -0.1) is 10.2 Å². The molecule has 0 bridgehead atoms. The van der Waals surface area contributed by atoms with Crippen LogP contribution < -0.4 is 0 Å². The standard InChI is InChI=1S/C12H15N3OS/c1-9(2)5-8-17-12-15-14-11(16-12)10-3-6-13-7-4-10/h3-4,6-7,9H,5,8H2,1-2H3. The molecule has 2 aromatic heterocycles. The summed E-state index contributed by atoms with van der Waals surface area (Å²) >= 11 is 1.61. The van der Waals surface area contributed by atoms with E-state index < -0.39 is 0 Å². The summed E-state index contributed by atoms with van der Waals surface area (Å²) in [6.45, 7) is 4.41. The van der Waals surface area contributed by atoms with Crippen LogP contribution in [0, 0.1) is 5.92 Å². The molecule has 0 N–H and O–H groups in total. The Kier molecular flexibility index (Phi) is 4.14. The second kappa shape index (κ2) is 5.82. The van der Waals surface area contributed by atoms with E-state index in [-0.39, 0.29) is 0 Å². The van der Waals surface area contributed by atoms with Gasteiger partial charge >= 0.3 is 0 Å². The lowest BCUT2D eigenvalue weighted by molar-refractivity contribution is 0.465. The summed E-state index contributed by atoms with van der Waals surface area (Å²) in [5, 5.41) is 8.67. The van der Waals surface area contributed by atoms with Crippen molar-refractivity contribution >= 4 is 11.8 Å². The van der Waals surface area contributed by atoms with Crippen molar-refractivity contribution in [2.24, 2.45) is 5.92 Å². The number of aromatic nitrogens is 3. The fourth-order valence-electron chi connectivity index (χ4n) is 1.26. The first kappa shape index (κ1) is 12.1. The van der Waals surface area contributed by atoms with Crippen molar-refractivity contribution in [2.75, 3.05) is 5.75 Å². The largest absolute Gasteiger partial charge is 0.411 e. The summed E-state index contributed by atoms with van der Waals surface area (Å²) in [4.78, 5) is 3.95. The zero-order valence-electron chi connectivity index (χ0n) is 9.96. The van der Waals surface area contributed by atoms with Crippen LogP contribution in [0.3, 0.4) is 0 Å². The second-order valence-corrected chi connectivity index (χ2v) is 5.19. The van der Waals surface area contributed by atoms with Gasteiger partial charge in [-0.2, -0.15) is 0 Å². The van der Waals surface area contributed by atoms with Gasteiger partial charge in [0.05, 0.1) is 0 Å². The van der Waals surface area contributed by atoms with E-state index in [4.69, 9.17) is 4.42 Å². The second-order valence-electron chi connectivity index (χ2n) is 4.14. The lowest BCUT2D eigenvalue weighted by Gasteiger charge is -2.00. The van der Waals surface area contributed by atoms with Crippen LogP contribution in [-0.2, 0) is 0 Å². The van der Waals surface area contributed by atoms with E-state index in [0.29, 0.717) is 17.0 Å². The van der Waals surface area contributed by atoms with Gasteiger partial charge in [0.1, 0.15) is 0 Å². The molecule has 0 saturated heterocycles. The van der Waals surface area contributed by atoms with E-state index in [1.165, 1.54) is 0 Å². The number of pyridine rings is 1. The number of hydrogen-bond donors (Lipinski definition) is 0. The van der Waals surface area contributed by atoms with Gasteiger partial charge in [0.2, 0.25) is 5.89 Å². The van der Waals surface area contributed by atoms with Gasteiger partial charge in [-0.05, 0) is 24.5 Å². The van der Waals surface area contributed by atoms with Gasteiger partial charge in [0.25, 0.3) is 5.22 Å². The maximum Gasteiger partial charge on any atom is 0.276 e. The zero-order chi connectivity index (χ0) is 12.1. The molecule has 4 nitrogen and oxygen atoms in total. The molecule has 0 atom stereocenters. The van der Waals surface area contributed by atoms with Crippen LogP contribution in [0.2, 0.25) is 0 Å². The van der Waals surface area contributed by atoms with Crippen LogP contribution in [0.1, 0.15) is 20.3 Å². The van der Waals surface area contributed by atoms with Gasteiger partial charge in [-0.1, -0.05) is 25.6 Å². The molecule has 0 spiro atoms. The lowest BCUT2D eigenvalue weighted by Crippen LogP contribution is -1.89. The molecule has 2 rings (SSSR count). The average molecular weight is 249 g/mol. The van der Waals surface area contributed by atoms with Crippen LogP contribution in [-0.4, -0.2) is 20.9 Å². The normalized spacial score (nSPS) is 11.0. The van der Waals surface area contributed by atoms with Gasteiger partial charge < -0.3 is 4.42 Å². The topological polar surface area (TPSA) is 51.8 Å². The number of nitrogens with zero attached hydrogens (tertiary/aromatic N) is 3. The van der Waals surface area contributed by atoms with Crippen molar-refractivity contribution in [3.63, 3.8) is 0 Å². The van der Waals surface area contributed by atoms with Crippen LogP contribution in [0.15, 0.2) is 34.2 Å². The Balaban J connectivity index is 1.97. The molecule has 0 saturated carbocycles. The van der Waals surface area contributed by atoms with Gasteiger partial charge in [0.15, 0.2) is 0 Å². The quantitative estimate of drug-likeness (QED) is 0.761. The molecule has 2 heterocycles. The molecular formula is C12H15N3OS. The summed E-state index contributed by atoms with van der Waals surface area (Å²) < 4.78 is 5.56. The maximum atomic E-state index is 5.56. The molecule has 90 valence electrons. The minimum atomic E-state index is 0.555. The summed E-state index contributed by atoms with van der Waals surface area (Å²) in [5.74, 6) is 2.26. The minimum absolute atomic E-state index is 0.555. The number of thioether (sulfide) groups is 1. The SMILES string of the molecule is CC(C)CCSc1nnc(-c2ccncc2)o1. The summed E-state index contributed by atoms with van der Waals surface area (Å²) in [7, 11) is 0. The van der Waals surface area contributed by atoms with E-state index >= 15 is 0 Å². The monoisotopic (exact) mass is 249 g/mol. The molecule has 17 heavy (non-hydrogen) atoms. The van der Waals surface area contributed by atoms with Crippen LogP contribution in [0.25, 0.3) is 11.5 Å². The Hall–Kier alpha value is -1.36. The van der Waals surface area contributed by atoms with Crippen LogP contribution in [0.4, 0.5) is 0 Å². The summed E-state index contributed by atoms with van der Waals surface area (Å²) in [5.41, 5.74) is 0.906. The number of rotatable bonds is 5. The highest BCUT2D eigenvalue weighted by Crippen LogP contribution is 2.23. The molecule has 5 heteroatoms. The third-order valence-corrected chi connectivity index (χ3v) is 3.11. The summed E-state index contributed by atoms with van der Waals surface area (Å²) in [6, 6.07) is 3.71. The average Bonchev–Trinajstić information content (AvgIpc) is 2.78. The maximum absolute atomic E-state index is 5.56. The van der Waals surface area contributed by atoms with E-state index in [1.54, 1.807) is 24.2 Å². The number of hydrogen-bond acceptors (Lipinski definition) is 5. The molecule has 0 unspecified atom stereocenters. The fraction of sp³-hybridized carbons (Fsp3) is 0.417. The Morgan fingerprint density at radius 3 is 2.71 bits per heavy atom. The lowest BCUT2D eigenvalue weighted by atomic mass is 10.2. The first-order valence-corrected chi connectivity index (χ1v) is 6.61. The molecule has 0 radical (unpaired) electrons. The van der Waals surface area contributed by atoms with Crippen molar-refractivity contribution in [3.8, 4) is 11.5 Å². The van der Waals surface area contributed by atoms with E-state index in [1.807, 2.05) is 12.1 Å². The first-order valence-electron chi connectivity index (χ1n) is 5.62. The molecular weight excluding hydrogens is 234 g/mol. The Bertz CT molecular complexity index is 456. The zero-order valence-corrected chi connectivity index (χ0v) is 10.8. The van der Waals surface area contributed by atoms with Crippen molar-refractivity contribution < 1.29 is 4.42 Å². The molecule has 0 aliphatic heterocycles. The van der Waals surface area contributed by atoms with Crippen LogP contribution >= 0.6 is 11.8 Å². The third kappa shape index (κ3) is 3.56. The first-order chi connectivity index (χ1) is 8.25. The molecule has 0 fully saturated rings. The van der Waals surface area contributed by atoms with Crippen molar-refractivity contribution in [3.05, 3.63) is 24.5 Å². The predicted octanol–water partition coefficient (Wildman–Crippen LogP) is 3.27.